The van der Waals surface area contributed by atoms with Gasteiger partial charge in [-0.15, -0.1) is 0 Å². The highest BCUT2D eigenvalue weighted by atomic mass is 35.5. The standard InChI is InChI=1S/C26H24ClN5O/c1-31-16-21(15-29-31)25-14-19(10-11-28-25)26(33)32-12-4-6-20(17-32)24-9-3-8-23(30-24)18-5-2-7-22(27)13-18/h2-3,5,7-11,13-16,20H,4,6,12,17H2,1H3/t20-/m1/s1. The Bertz CT molecular complexity index is 1300. The topological polar surface area (TPSA) is 63.9 Å². The van der Waals surface area contributed by atoms with Crippen molar-refractivity contribution in [3.63, 3.8) is 0 Å². The molecule has 0 N–H and O–H groups in total. The lowest BCUT2D eigenvalue weighted by Gasteiger charge is -2.32. The van der Waals surface area contributed by atoms with Crippen molar-refractivity contribution < 1.29 is 4.79 Å². The van der Waals surface area contributed by atoms with Gasteiger partial charge in [-0.1, -0.05) is 29.8 Å². The third-order valence-corrected chi connectivity index (χ3v) is 6.26. The number of likely N-dealkylation sites (tertiary alicyclic amines) is 1. The Morgan fingerprint density at radius 1 is 1.06 bits per heavy atom. The molecule has 33 heavy (non-hydrogen) atoms. The number of benzene rings is 1. The van der Waals surface area contributed by atoms with Gasteiger partial charge < -0.3 is 4.90 Å². The zero-order chi connectivity index (χ0) is 22.8. The molecule has 0 bridgehead atoms. The van der Waals surface area contributed by atoms with Crippen LogP contribution in [0, 0.1) is 0 Å². The highest BCUT2D eigenvalue weighted by Gasteiger charge is 2.27. The molecular formula is C26H24ClN5O. The molecule has 0 unspecified atom stereocenters. The predicted octanol–water partition coefficient (Wildman–Crippen LogP) is 5.22. The molecule has 1 aliphatic rings. The fourth-order valence-electron chi connectivity index (χ4n) is 4.35. The first-order valence-corrected chi connectivity index (χ1v) is 11.4. The van der Waals surface area contributed by atoms with E-state index in [-0.39, 0.29) is 11.8 Å². The first kappa shape index (κ1) is 21.3. The Morgan fingerprint density at radius 2 is 1.94 bits per heavy atom. The number of nitrogens with zero attached hydrogens (tertiary/aromatic N) is 5. The maximum Gasteiger partial charge on any atom is 0.254 e. The molecule has 0 saturated carbocycles. The van der Waals surface area contributed by atoms with Gasteiger partial charge in [0.05, 0.1) is 17.6 Å². The summed E-state index contributed by atoms with van der Waals surface area (Å²) in [6.45, 7) is 1.39. The number of carbonyl (C=O) groups excluding carboxylic acids is 1. The van der Waals surface area contributed by atoms with Crippen molar-refractivity contribution in [1.29, 1.82) is 0 Å². The second-order valence-electron chi connectivity index (χ2n) is 8.38. The number of amides is 1. The van der Waals surface area contributed by atoms with Crippen LogP contribution in [0.2, 0.25) is 5.02 Å². The number of hydrogen-bond donors (Lipinski definition) is 0. The SMILES string of the molecule is Cn1cc(-c2cc(C(=O)N3CCC[C@@H](c4cccc(-c5cccc(Cl)c5)n4)C3)ccn2)cn1. The molecule has 6 nitrogen and oxygen atoms in total. The Kier molecular flexibility index (Phi) is 5.92. The summed E-state index contributed by atoms with van der Waals surface area (Å²) in [6, 6.07) is 17.4. The van der Waals surface area contributed by atoms with Crippen molar-refractivity contribution in [1.82, 2.24) is 24.6 Å². The Labute approximate surface area is 197 Å². The van der Waals surface area contributed by atoms with Crippen molar-refractivity contribution in [3.8, 4) is 22.5 Å². The van der Waals surface area contributed by atoms with E-state index in [1.807, 2.05) is 60.6 Å². The van der Waals surface area contributed by atoms with Crippen LogP contribution < -0.4 is 0 Å². The van der Waals surface area contributed by atoms with E-state index in [2.05, 4.69) is 16.1 Å². The van der Waals surface area contributed by atoms with Crippen LogP contribution in [0.1, 0.15) is 34.8 Å². The summed E-state index contributed by atoms with van der Waals surface area (Å²) < 4.78 is 1.73. The number of pyridine rings is 2. The largest absolute Gasteiger partial charge is 0.338 e. The average Bonchev–Trinajstić information content (AvgIpc) is 3.30. The van der Waals surface area contributed by atoms with Crippen molar-refractivity contribution in [2.75, 3.05) is 13.1 Å². The third-order valence-electron chi connectivity index (χ3n) is 6.03. The van der Waals surface area contributed by atoms with Gasteiger partial charge in [-0.2, -0.15) is 5.10 Å². The van der Waals surface area contributed by atoms with E-state index in [9.17, 15) is 4.79 Å². The van der Waals surface area contributed by atoms with Crippen LogP contribution in [0.25, 0.3) is 22.5 Å². The van der Waals surface area contributed by atoms with Crippen molar-refractivity contribution >= 4 is 17.5 Å². The normalized spacial score (nSPS) is 16.1. The summed E-state index contributed by atoms with van der Waals surface area (Å²) in [5.74, 6) is 0.222. The number of hydrogen-bond acceptors (Lipinski definition) is 4. The molecular weight excluding hydrogens is 434 g/mol. The molecule has 1 aliphatic heterocycles. The number of rotatable bonds is 4. The fourth-order valence-corrected chi connectivity index (χ4v) is 4.54. The highest BCUT2D eigenvalue weighted by Crippen LogP contribution is 2.29. The minimum atomic E-state index is 0.0261. The summed E-state index contributed by atoms with van der Waals surface area (Å²) >= 11 is 6.17. The van der Waals surface area contributed by atoms with Gasteiger partial charge in [0.25, 0.3) is 5.91 Å². The molecule has 4 heterocycles. The van der Waals surface area contributed by atoms with Crippen LogP contribution in [0.15, 0.2) is 73.2 Å². The van der Waals surface area contributed by atoms with Crippen molar-refractivity contribution in [3.05, 3.63) is 89.5 Å². The molecule has 5 rings (SSSR count). The summed E-state index contributed by atoms with van der Waals surface area (Å²) in [6.07, 6.45) is 7.29. The van der Waals surface area contributed by atoms with Crippen LogP contribution in [-0.2, 0) is 7.05 Å². The van der Waals surface area contributed by atoms with Gasteiger partial charge in [-0.3, -0.25) is 19.4 Å². The van der Waals surface area contributed by atoms with Crippen LogP contribution in [0.5, 0.6) is 0 Å². The monoisotopic (exact) mass is 457 g/mol. The minimum absolute atomic E-state index is 0.0261. The predicted molar refractivity (Wildman–Crippen MR) is 129 cm³/mol. The van der Waals surface area contributed by atoms with Crippen molar-refractivity contribution in [2.24, 2.45) is 7.05 Å². The van der Waals surface area contributed by atoms with E-state index < -0.39 is 0 Å². The lowest BCUT2D eigenvalue weighted by atomic mass is 9.93. The van der Waals surface area contributed by atoms with Gasteiger partial charge in [0, 0.05) is 65.9 Å². The van der Waals surface area contributed by atoms with Gasteiger partial charge >= 0.3 is 0 Å². The van der Waals surface area contributed by atoms with Crippen LogP contribution in [0.3, 0.4) is 0 Å². The minimum Gasteiger partial charge on any atom is -0.338 e. The summed E-state index contributed by atoms with van der Waals surface area (Å²) in [4.78, 5) is 24.6. The molecule has 1 saturated heterocycles. The summed E-state index contributed by atoms with van der Waals surface area (Å²) in [5, 5.41) is 4.89. The number of aryl methyl sites for hydroxylation is 1. The van der Waals surface area contributed by atoms with Gasteiger partial charge in [0.1, 0.15) is 0 Å². The maximum atomic E-state index is 13.3. The van der Waals surface area contributed by atoms with Crippen LogP contribution in [-0.4, -0.2) is 43.6 Å². The molecule has 3 aromatic heterocycles. The van der Waals surface area contributed by atoms with Gasteiger partial charge in [-0.05, 0) is 49.2 Å². The number of piperidine rings is 1. The zero-order valence-electron chi connectivity index (χ0n) is 18.4. The molecule has 1 fully saturated rings. The van der Waals surface area contributed by atoms with E-state index in [0.29, 0.717) is 17.1 Å². The number of halogens is 1. The van der Waals surface area contributed by atoms with Crippen LogP contribution in [0.4, 0.5) is 0 Å². The number of aromatic nitrogens is 4. The molecule has 1 atom stereocenters. The molecule has 1 aromatic carbocycles. The molecule has 0 aliphatic carbocycles. The van der Waals surface area contributed by atoms with Gasteiger partial charge in [0.2, 0.25) is 0 Å². The quantitative estimate of drug-likeness (QED) is 0.421. The van der Waals surface area contributed by atoms with E-state index in [0.717, 1.165) is 47.6 Å². The second kappa shape index (κ2) is 9.16. The molecule has 4 aromatic rings. The van der Waals surface area contributed by atoms with E-state index in [4.69, 9.17) is 16.6 Å². The van der Waals surface area contributed by atoms with Crippen molar-refractivity contribution in [2.45, 2.75) is 18.8 Å². The lowest BCUT2D eigenvalue weighted by Crippen LogP contribution is -2.39. The van der Waals surface area contributed by atoms with E-state index >= 15 is 0 Å². The zero-order valence-corrected chi connectivity index (χ0v) is 19.1. The third kappa shape index (κ3) is 4.66. The molecule has 0 radical (unpaired) electrons. The molecule has 0 spiro atoms. The summed E-state index contributed by atoms with van der Waals surface area (Å²) in [7, 11) is 1.86. The van der Waals surface area contributed by atoms with Gasteiger partial charge in [0.15, 0.2) is 0 Å². The molecule has 7 heteroatoms. The Hall–Kier alpha value is -3.51. The Balaban J connectivity index is 1.35. The maximum absolute atomic E-state index is 13.3. The fraction of sp³-hybridized carbons (Fsp3) is 0.231. The first-order chi connectivity index (χ1) is 16.1. The average molecular weight is 458 g/mol. The van der Waals surface area contributed by atoms with Crippen LogP contribution >= 0.6 is 11.6 Å². The van der Waals surface area contributed by atoms with Gasteiger partial charge in [-0.25, -0.2) is 0 Å². The van der Waals surface area contributed by atoms with E-state index in [1.165, 1.54) is 0 Å². The molecule has 166 valence electrons. The lowest BCUT2D eigenvalue weighted by molar-refractivity contribution is 0.0706. The first-order valence-electron chi connectivity index (χ1n) is 11.0. The Morgan fingerprint density at radius 3 is 2.76 bits per heavy atom. The van der Waals surface area contributed by atoms with E-state index in [1.54, 1.807) is 23.1 Å². The highest BCUT2D eigenvalue weighted by molar-refractivity contribution is 6.30. The molecule has 1 amide bonds. The number of carbonyl (C=O) groups is 1. The smallest absolute Gasteiger partial charge is 0.254 e. The second-order valence-corrected chi connectivity index (χ2v) is 8.82. The summed E-state index contributed by atoms with van der Waals surface area (Å²) in [5.41, 5.74) is 5.19.